The zero-order chi connectivity index (χ0) is 18.2. The van der Waals surface area contributed by atoms with E-state index in [1.165, 1.54) is 22.5 Å². The predicted octanol–water partition coefficient (Wildman–Crippen LogP) is 3.45. The third-order valence-electron chi connectivity index (χ3n) is 3.80. The maximum absolute atomic E-state index is 13.8. The summed E-state index contributed by atoms with van der Waals surface area (Å²) in [7, 11) is -3.38. The van der Waals surface area contributed by atoms with Crippen molar-refractivity contribution in [1.29, 1.82) is 0 Å². The molecule has 0 saturated heterocycles. The number of fused-ring (bicyclic) bond motifs is 1. The van der Waals surface area contributed by atoms with Crippen LogP contribution in [-0.2, 0) is 16.4 Å². The highest BCUT2D eigenvalue weighted by Gasteiger charge is 2.26. The van der Waals surface area contributed by atoms with Gasteiger partial charge in [0.1, 0.15) is 0 Å². The lowest BCUT2D eigenvalue weighted by Crippen LogP contribution is -2.27. The van der Waals surface area contributed by atoms with Gasteiger partial charge in [0.25, 0.3) is 0 Å². The summed E-state index contributed by atoms with van der Waals surface area (Å²) < 4.78 is 38.7. The number of amides is 2. The molecule has 132 valence electrons. The molecule has 0 fully saturated rings. The van der Waals surface area contributed by atoms with E-state index in [1.54, 1.807) is 18.2 Å². The molecule has 0 bridgehead atoms. The van der Waals surface area contributed by atoms with Crippen LogP contribution in [0, 0.1) is 5.82 Å². The number of hydrogen-bond donors (Lipinski definition) is 2. The average molecular weight is 384 g/mol. The normalized spacial score (nSPS) is 13.5. The molecule has 2 amide bonds. The van der Waals surface area contributed by atoms with Crippen LogP contribution >= 0.6 is 11.6 Å². The number of urea groups is 1. The van der Waals surface area contributed by atoms with Crippen LogP contribution in [0.5, 0.6) is 0 Å². The van der Waals surface area contributed by atoms with Crippen molar-refractivity contribution < 1.29 is 17.6 Å². The number of nitrogens with one attached hydrogen (secondary N) is 2. The van der Waals surface area contributed by atoms with E-state index in [0.29, 0.717) is 24.3 Å². The molecule has 2 aromatic rings. The van der Waals surface area contributed by atoms with Gasteiger partial charge >= 0.3 is 6.03 Å². The number of rotatable bonds is 3. The molecule has 9 heteroatoms. The monoisotopic (exact) mass is 383 g/mol. The van der Waals surface area contributed by atoms with Crippen molar-refractivity contribution in [2.75, 3.05) is 27.7 Å². The molecular weight excluding hydrogens is 369 g/mol. The van der Waals surface area contributed by atoms with Gasteiger partial charge in [0.2, 0.25) is 10.0 Å². The molecule has 1 aliphatic rings. The van der Waals surface area contributed by atoms with Crippen molar-refractivity contribution in [3.8, 4) is 0 Å². The lowest BCUT2D eigenvalue weighted by molar-refractivity contribution is 0.262. The molecule has 1 heterocycles. The van der Waals surface area contributed by atoms with E-state index < -0.39 is 21.9 Å². The van der Waals surface area contributed by atoms with Crippen LogP contribution in [0.15, 0.2) is 36.4 Å². The van der Waals surface area contributed by atoms with Crippen LogP contribution in [0.1, 0.15) is 5.56 Å². The minimum absolute atomic E-state index is 0.0519. The Hall–Kier alpha value is -2.32. The third-order valence-corrected chi connectivity index (χ3v) is 5.27. The van der Waals surface area contributed by atoms with Crippen molar-refractivity contribution in [3.05, 3.63) is 52.8 Å². The number of sulfonamides is 1. The Morgan fingerprint density at radius 2 is 2.00 bits per heavy atom. The van der Waals surface area contributed by atoms with Crippen molar-refractivity contribution in [2.24, 2.45) is 0 Å². The van der Waals surface area contributed by atoms with Gasteiger partial charge in [-0.2, -0.15) is 0 Å². The van der Waals surface area contributed by atoms with Gasteiger partial charge in [-0.1, -0.05) is 23.7 Å². The summed E-state index contributed by atoms with van der Waals surface area (Å²) in [6, 6.07) is 8.62. The first-order valence-electron chi connectivity index (χ1n) is 7.38. The summed E-state index contributed by atoms with van der Waals surface area (Å²) in [6.07, 6.45) is 1.75. The molecule has 2 aromatic carbocycles. The molecule has 0 aliphatic carbocycles. The molecule has 0 unspecified atom stereocenters. The van der Waals surface area contributed by atoms with E-state index in [-0.39, 0.29) is 10.7 Å². The first kappa shape index (κ1) is 17.5. The van der Waals surface area contributed by atoms with Crippen molar-refractivity contribution >= 4 is 44.7 Å². The van der Waals surface area contributed by atoms with Crippen LogP contribution in [0.25, 0.3) is 0 Å². The van der Waals surface area contributed by atoms with Gasteiger partial charge in [0, 0.05) is 12.2 Å². The quantitative estimate of drug-likeness (QED) is 0.852. The Bertz CT molecular complexity index is 950. The van der Waals surface area contributed by atoms with E-state index >= 15 is 0 Å². The molecule has 6 nitrogen and oxygen atoms in total. The second-order valence-electron chi connectivity index (χ2n) is 5.61. The minimum atomic E-state index is -3.38. The summed E-state index contributed by atoms with van der Waals surface area (Å²) in [5, 5.41) is 4.83. The van der Waals surface area contributed by atoms with Crippen molar-refractivity contribution in [2.45, 2.75) is 6.42 Å². The molecule has 0 saturated carbocycles. The number of halogens is 2. The molecule has 0 radical (unpaired) electrons. The fraction of sp³-hybridized carbons (Fsp3) is 0.188. The fourth-order valence-electron chi connectivity index (χ4n) is 2.66. The molecular formula is C16H15ClFN3O3S. The largest absolute Gasteiger partial charge is 0.323 e. The lowest BCUT2D eigenvalue weighted by atomic mass is 10.1. The Labute approximate surface area is 149 Å². The Morgan fingerprint density at radius 3 is 2.72 bits per heavy atom. The summed E-state index contributed by atoms with van der Waals surface area (Å²) in [6.45, 7) is 0.373. The van der Waals surface area contributed by atoms with Gasteiger partial charge in [0.05, 0.1) is 22.7 Å². The number of nitrogens with zero attached hydrogens (tertiary/aromatic N) is 1. The molecule has 0 aromatic heterocycles. The van der Waals surface area contributed by atoms with E-state index in [9.17, 15) is 17.6 Å². The maximum atomic E-state index is 13.8. The van der Waals surface area contributed by atoms with Gasteiger partial charge in [0.15, 0.2) is 5.82 Å². The van der Waals surface area contributed by atoms with E-state index in [1.807, 2.05) is 0 Å². The Morgan fingerprint density at radius 1 is 1.24 bits per heavy atom. The summed E-state index contributed by atoms with van der Waals surface area (Å²) in [4.78, 5) is 12.1. The number of benzene rings is 2. The summed E-state index contributed by atoms with van der Waals surface area (Å²) in [5.41, 5.74) is 1.77. The average Bonchev–Trinajstić information content (AvgIpc) is 2.95. The van der Waals surface area contributed by atoms with E-state index in [0.717, 1.165) is 11.8 Å². The van der Waals surface area contributed by atoms with Gasteiger partial charge in [-0.05, 0) is 36.2 Å². The topological polar surface area (TPSA) is 78.5 Å². The van der Waals surface area contributed by atoms with Crippen LogP contribution in [0.3, 0.4) is 0 Å². The molecule has 0 spiro atoms. The zero-order valence-corrected chi connectivity index (χ0v) is 14.8. The fourth-order valence-corrected chi connectivity index (χ4v) is 3.78. The highest BCUT2D eigenvalue weighted by molar-refractivity contribution is 7.92. The highest BCUT2D eigenvalue weighted by atomic mass is 35.5. The van der Waals surface area contributed by atoms with Crippen LogP contribution in [0.2, 0.25) is 5.02 Å². The second-order valence-corrected chi connectivity index (χ2v) is 7.92. The van der Waals surface area contributed by atoms with Gasteiger partial charge in [-0.15, -0.1) is 0 Å². The molecule has 3 rings (SSSR count). The summed E-state index contributed by atoms with van der Waals surface area (Å²) in [5.74, 6) is -0.725. The second kappa shape index (κ2) is 6.53. The Kier molecular flexibility index (Phi) is 4.57. The van der Waals surface area contributed by atoms with E-state index in [2.05, 4.69) is 10.6 Å². The highest BCUT2D eigenvalue weighted by Crippen LogP contribution is 2.32. The molecule has 25 heavy (non-hydrogen) atoms. The summed E-state index contributed by atoms with van der Waals surface area (Å²) >= 11 is 5.67. The smallest absolute Gasteiger partial charge is 0.308 e. The SMILES string of the molecule is CS(=O)(=O)N1CCc2ccc(NC(=O)Nc3cccc(Cl)c3F)cc21. The standard InChI is InChI=1S/C16H15ClFN3O3S/c1-25(23,24)21-8-7-10-5-6-11(9-14(10)21)19-16(22)20-13-4-2-3-12(17)15(13)18/h2-6,9H,7-8H2,1H3,(H2,19,20,22). The minimum Gasteiger partial charge on any atom is -0.308 e. The first-order valence-corrected chi connectivity index (χ1v) is 9.61. The molecule has 2 N–H and O–H groups in total. The number of carbonyl (C=O) groups is 1. The van der Waals surface area contributed by atoms with Crippen molar-refractivity contribution in [3.63, 3.8) is 0 Å². The number of hydrogen-bond acceptors (Lipinski definition) is 3. The number of carbonyl (C=O) groups excluding carboxylic acids is 1. The third kappa shape index (κ3) is 3.69. The maximum Gasteiger partial charge on any atom is 0.323 e. The zero-order valence-electron chi connectivity index (χ0n) is 13.2. The van der Waals surface area contributed by atoms with Crippen molar-refractivity contribution in [1.82, 2.24) is 0 Å². The predicted molar refractivity (Wildman–Crippen MR) is 96.4 cm³/mol. The Balaban J connectivity index is 1.78. The van der Waals surface area contributed by atoms with Gasteiger partial charge in [-0.3, -0.25) is 4.31 Å². The first-order chi connectivity index (χ1) is 11.8. The van der Waals surface area contributed by atoms with Crippen LogP contribution in [0.4, 0.5) is 26.2 Å². The number of anilines is 3. The van der Waals surface area contributed by atoms with E-state index in [4.69, 9.17) is 11.6 Å². The lowest BCUT2D eigenvalue weighted by Gasteiger charge is -2.17. The molecule has 0 atom stereocenters. The van der Waals surface area contributed by atoms with Crippen LogP contribution < -0.4 is 14.9 Å². The van der Waals surface area contributed by atoms with Gasteiger partial charge in [-0.25, -0.2) is 17.6 Å². The van der Waals surface area contributed by atoms with Gasteiger partial charge < -0.3 is 10.6 Å². The van der Waals surface area contributed by atoms with Crippen LogP contribution in [-0.4, -0.2) is 27.2 Å². The molecule has 1 aliphatic heterocycles.